The van der Waals surface area contributed by atoms with Crippen molar-refractivity contribution >= 4 is 31.6 Å². The van der Waals surface area contributed by atoms with Gasteiger partial charge in [0.15, 0.2) is 0 Å². The monoisotopic (exact) mass is 543 g/mol. The molecule has 0 aromatic heterocycles. The molecule has 0 bridgehead atoms. The van der Waals surface area contributed by atoms with E-state index in [1.54, 1.807) is 25.1 Å². The lowest BCUT2D eigenvalue weighted by atomic mass is 10.2. The minimum atomic E-state index is -3.74. The zero-order chi connectivity index (χ0) is 26.5. The largest absolute Gasteiger partial charge is 0.494 e. The third-order valence-corrected chi connectivity index (χ3v) is 8.98. The Balaban J connectivity index is 1.49. The number of rotatable bonds is 11. The van der Waals surface area contributed by atoms with Crippen LogP contribution in [0.5, 0.6) is 5.75 Å². The van der Waals surface area contributed by atoms with Gasteiger partial charge in [-0.15, -0.1) is 0 Å². The summed E-state index contributed by atoms with van der Waals surface area (Å²) in [6.45, 7) is 3.27. The van der Waals surface area contributed by atoms with Crippen LogP contribution in [-0.2, 0) is 20.2 Å². The first-order valence-corrected chi connectivity index (χ1v) is 14.5. The van der Waals surface area contributed by atoms with E-state index in [2.05, 4.69) is 9.44 Å². The highest BCUT2D eigenvalue weighted by Crippen LogP contribution is 2.30. The van der Waals surface area contributed by atoms with Crippen LogP contribution < -0.4 is 24.0 Å². The van der Waals surface area contributed by atoms with Crippen LogP contribution in [0.25, 0.3) is 0 Å². The van der Waals surface area contributed by atoms with Crippen LogP contribution in [0.2, 0.25) is 0 Å². The van der Waals surface area contributed by atoms with Crippen molar-refractivity contribution in [3.05, 3.63) is 48.3 Å². The Bertz CT molecular complexity index is 1230. The van der Waals surface area contributed by atoms with Gasteiger partial charge in [0.25, 0.3) is 10.2 Å². The Kier molecular flexibility index (Phi) is 9.17. The molecule has 2 aromatic rings. The second kappa shape index (κ2) is 11.7. The van der Waals surface area contributed by atoms with E-state index in [4.69, 9.17) is 4.74 Å². The first-order chi connectivity index (χ1) is 16.9. The third-order valence-electron chi connectivity index (χ3n) is 5.96. The van der Waals surface area contributed by atoms with Crippen LogP contribution in [0, 0.1) is 11.7 Å². The van der Waals surface area contributed by atoms with Crippen molar-refractivity contribution in [2.24, 2.45) is 5.92 Å². The van der Waals surface area contributed by atoms with E-state index in [0.717, 1.165) is 5.69 Å². The second-order valence-corrected chi connectivity index (χ2v) is 12.4. The average molecular weight is 544 g/mol. The van der Waals surface area contributed by atoms with Crippen molar-refractivity contribution in [2.45, 2.75) is 11.8 Å². The molecule has 0 saturated carbocycles. The Morgan fingerprint density at radius 1 is 0.972 bits per heavy atom. The maximum Gasteiger partial charge on any atom is 0.279 e. The molecule has 1 aliphatic rings. The molecule has 1 heterocycles. The van der Waals surface area contributed by atoms with Crippen molar-refractivity contribution < 1.29 is 26.0 Å². The summed E-state index contributed by atoms with van der Waals surface area (Å²) in [6, 6.07) is 10.8. The van der Waals surface area contributed by atoms with Crippen molar-refractivity contribution in [3.8, 4) is 5.75 Å². The summed E-state index contributed by atoms with van der Waals surface area (Å²) in [5.74, 6) is -0.283. The smallest absolute Gasteiger partial charge is 0.279 e. The highest BCUT2D eigenvalue weighted by atomic mass is 32.2. The highest BCUT2D eigenvalue weighted by Gasteiger charge is 2.28. The van der Waals surface area contributed by atoms with E-state index >= 15 is 0 Å². The number of benzene rings is 2. The summed E-state index contributed by atoms with van der Waals surface area (Å²) in [6.07, 6.45) is 0. The quantitative estimate of drug-likeness (QED) is 0.442. The number of halogens is 1. The fourth-order valence-electron chi connectivity index (χ4n) is 3.75. The summed E-state index contributed by atoms with van der Waals surface area (Å²) in [4.78, 5) is 3.97. The van der Waals surface area contributed by atoms with Gasteiger partial charge < -0.3 is 14.5 Å². The fourth-order valence-corrected chi connectivity index (χ4v) is 6.24. The summed E-state index contributed by atoms with van der Waals surface area (Å²) in [7, 11) is -2.25. The Morgan fingerprint density at radius 3 is 2.17 bits per heavy atom. The zero-order valence-electron chi connectivity index (χ0n) is 20.9. The topological polar surface area (TPSA) is 111 Å². The molecule has 200 valence electrons. The molecule has 0 aliphatic carbocycles. The first-order valence-electron chi connectivity index (χ1n) is 11.5. The second-order valence-electron chi connectivity index (χ2n) is 8.90. The SMILES string of the molecule is COc1cc(F)ccc1N1CCN(S(=O)(=O)NCC(C)CNS(=O)(=O)c2ccc(N(C)C)cc2)CC1. The lowest BCUT2D eigenvalue weighted by Crippen LogP contribution is -2.52. The van der Waals surface area contributed by atoms with Crippen LogP contribution in [0.4, 0.5) is 15.8 Å². The van der Waals surface area contributed by atoms with E-state index in [0.29, 0.717) is 24.5 Å². The molecule has 1 fully saturated rings. The summed E-state index contributed by atoms with van der Waals surface area (Å²) in [5, 5.41) is 0. The molecule has 2 aromatic carbocycles. The van der Waals surface area contributed by atoms with Gasteiger partial charge >= 0.3 is 0 Å². The van der Waals surface area contributed by atoms with Gasteiger partial charge in [0.05, 0.1) is 17.7 Å². The number of sulfonamides is 1. The van der Waals surface area contributed by atoms with Crippen molar-refractivity contribution in [3.63, 3.8) is 0 Å². The minimum absolute atomic E-state index is 0.0798. The molecule has 36 heavy (non-hydrogen) atoms. The summed E-state index contributed by atoms with van der Waals surface area (Å²) in [5.41, 5.74) is 1.59. The molecule has 1 unspecified atom stereocenters. The Labute approximate surface area is 213 Å². The van der Waals surface area contributed by atoms with Crippen molar-refractivity contribution in [2.75, 3.05) is 70.3 Å². The van der Waals surface area contributed by atoms with Crippen molar-refractivity contribution in [1.29, 1.82) is 0 Å². The molecular formula is C23H34FN5O5S2. The molecule has 2 N–H and O–H groups in total. The van der Waals surface area contributed by atoms with Gasteiger partial charge in [-0.1, -0.05) is 6.92 Å². The van der Waals surface area contributed by atoms with E-state index in [1.807, 2.05) is 23.9 Å². The molecule has 1 saturated heterocycles. The maximum absolute atomic E-state index is 13.5. The van der Waals surface area contributed by atoms with Gasteiger partial charge in [0.2, 0.25) is 10.0 Å². The number of hydrogen-bond acceptors (Lipinski definition) is 7. The van der Waals surface area contributed by atoms with E-state index in [1.165, 1.54) is 35.7 Å². The van der Waals surface area contributed by atoms with Gasteiger partial charge in [-0.3, -0.25) is 0 Å². The predicted molar refractivity (Wildman–Crippen MR) is 139 cm³/mol. The number of nitrogens with one attached hydrogen (secondary N) is 2. The fraction of sp³-hybridized carbons (Fsp3) is 0.478. The van der Waals surface area contributed by atoms with Crippen molar-refractivity contribution in [1.82, 2.24) is 13.7 Å². The average Bonchev–Trinajstić information content (AvgIpc) is 2.86. The number of nitrogens with zero attached hydrogens (tertiary/aromatic N) is 3. The number of methoxy groups -OCH3 is 1. The van der Waals surface area contributed by atoms with Gasteiger partial charge in [0.1, 0.15) is 11.6 Å². The zero-order valence-corrected chi connectivity index (χ0v) is 22.6. The lowest BCUT2D eigenvalue weighted by molar-refractivity contribution is 0.370. The standard InChI is InChI=1S/C23H34FN5O5S2/c1-18(16-25-35(30,31)21-8-6-20(7-9-21)27(2)3)17-26-36(32,33)29-13-11-28(12-14-29)22-10-5-19(24)15-23(22)34-4/h5-10,15,18,25-26H,11-14,16-17H2,1-4H3. The van der Waals surface area contributed by atoms with Gasteiger partial charge in [-0.2, -0.15) is 12.7 Å². The Hall–Kier alpha value is -2.45. The maximum atomic E-state index is 13.5. The molecule has 3 rings (SSSR count). The van der Waals surface area contributed by atoms with Gasteiger partial charge in [-0.25, -0.2) is 22.3 Å². The molecule has 0 radical (unpaired) electrons. The molecule has 13 heteroatoms. The Morgan fingerprint density at radius 2 is 1.58 bits per heavy atom. The number of piperazine rings is 1. The normalized spacial score (nSPS) is 16.1. The van der Waals surface area contributed by atoms with Crippen LogP contribution in [0.15, 0.2) is 47.4 Å². The van der Waals surface area contributed by atoms with E-state index in [-0.39, 0.29) is 37.0 Å². The minimum Gasteiger partial charge on any atom is -0.494 e. The van der Waals surface area contributed by atoms with Gasteiger partial charge in [-0.05, 0) is 42.3 Å². The molecule has 0 amide bonds. The number of ether oxygens (including phenoxy) is 1. The van der Waals surface area contributed by atoms with Crippen LogP contribution in [0.1, 0.15) is 6.92 Å². The summed E-state index contributed by atoms with van der Waals surface area (Å²) < 4.78 is 75.9. The highest BCUT2D eigenvalue weighted by molar-refractivity contribution is 7.89. The molecule has 0 spiro atoms. The van der Waals surface area contributed by atoms with E-state index in [9.17, 15) is 21.2 Å². The first kappa shape index (κ1) is 28.1. The van der Waals surface area contributed by atoms with Gasteiger partial charge in [0, 0.05) is 65.1 Å². The third kappa shape index (κ3) is 7.07. The molecular weight excluding hydrogens is 509 g/mol. The summed E-state index contributed by atoms with van der Waals surface area (Å²) >= 11 is 0. The molecule has 1 aliphatic heterocycles. The lowest BCUT2D eigenvalue weighted by Gasteiger charge is -2.36. The number of anilines is 2. The van der Waals surface area contributed by atoms with E-state index < -0.39 is 26.0 Å². The molecule has 10 nitrogen and oxygen atoms in total. The predicted octanol–water partition coefficient (Wildman–Crippen LogP) is 1.47. The van der Waals surface area contributed by atoms with Crippen LogP contribution >= 0.6 is 0 Å². The van der Waals surface area contributed by atoms with Crippen LogP contribution in [-0.4, -0.2) is 81.6 Å². The van der Waals surface area contributed by atoms with Crippen LogP contribution in [0.3, 0.4) is 0 Å². The number of hydrogen-bond donors (Lipinski definition) is 2. The molecule has 1 atom stereocenters.